The highest BCUT2D eigenvalue weighted by molar-refractivity contribution is 5.80. The summed E-state index contributed by atoms with van der Waals surface area (Å²) >= 11 is 0. The molecule has 1 fully saturated rings. The maximum Gasteiger partial charge on any atom is 0.224 e. The molecule has 1 N–H and O–H groups in total. The Labute approximate surface area is 130 Å². The first-order valence-electron chi connectivity index (χ1n) is 7.25. The van der Waals surface area contributed by atoms with E-state index in [1.807, 2.05) is 6.07 Å². The number of amides is 2. The number of rotatable bonds is 6. The van der Waals surface area contributed by atoms with Crippen LogP contribution in [0.2, 0.25) is 0 Å². The third-order valence-corrected chi connectivity index (χ3v) is 3.82. The van der Waals surface area contributed by atoms with Gasteiger partial charge in [0, 0.05) is 32.5 Å². The fourth-order valence-corrected chi connectivity index (χ4v) is 2.59. The quantitative estimate of drug-likeness (QED) is 0.846. The molecule has 1 aliphatic heterocycles. The van der Waals surface area contributed by atoms with Gasteiger partial charge in [0.25, 0.3) is 0 Å². The lowest BCUT2D eigenvalue weighted by Crippen LogP contribution is -2.31. The van der Waals surface area contributed by atoms with Gasteiger partial charge in [0.2, 0.25) is 11.8 Å². The van der Waals surface area contributed by atoms with E-state index < -0.39 is 0 Å². The monoisotopic (exact) mass is 306 g/mol. The van der Waals surface area contributed by atoms with Crippen molar-refractivity contribution < 1.29 is 19.1 Å². The van der Waals surface area contributed by atoms with Crippen LogP contribution < -0.4 is 14.8 Å². The smallest absolute Gasteiger partial charge is 0.224 e. The minimum absolute atomic E-state index is 0.0609. The van der Waals surface area contributed by atoms with Crippen LogP contribution in [-0.4, -0.2) is 51.1 Å². The van der Waals surface area contributed by atoms with Crippen LogP contribution in [0.3, 0.4) is 0 Å². The zero-order valence-electron chi connectivity index (χ0n) is 13.2. The molecule has 6 nitrogen and oxygen atoms in total. The number of methoxy groups -OCH3 is 2. The van der Waals surface area contributed by atoms with Gasteiger partial charge in [-0.3, -0.25) is 9.59 Å². The molecule has 0 spiro atoms. The van der Waals surface area contributed by atoms with E-state index in [-0.39, 0.29) is 24.2 Å². The van der Waals surface area contributed by atoms with Crippen LogP contribution in [0.25, 0.3) is 0 Å². The Morgan fingerprint density at radius 3 is 2.64 bits per heavy atom. The number of carbonyl (C=O) groups is 2. The fourth-order valence-electron chi connectivity index (χ4n) is 2.59. The number of nitrogens with one attached hydrogen (secondary N) is 1. The zero-order chi connectivity index (χ0) is 16.1. The highest BCUT2D eigenvalue weighted by Crippen LogP contribution is 2.27. The lowest BCUT2D eigenvalue weighted by Gasteiger charge is -2.12. The Morgan fingerprint density at radius 1 is 1.32 bits per heavy atom. The molecule has 1 unspecified atom stereocenters. The number of hydrogen-bond donors (Lipinski definition) is 1. The summed E-state index contributed by atoms with van der Waals surface area (Å²) in [5.74, 6) is 1.52. The SMILES string of the molecule is COc1ccc(CC(=O)NCC2CC(=O)N(C)C2)cc1OC. The Hall–Kier alpha value is -2.24. The summed E-state index contributed by atoms with van der Waals surface area (Å²) in [6.07, 6.45) is 0.782. The minimum Gasteiger partial charge on any atom is -0.493 e. The van der Waals surface area contributed by atoms with Crippen molar-refractivity contribution in [2.24, 2.45) is 5.92 Å². The second-order valence-electron chi connectivity index (χ2n) is 5.51. The Bertz CT molecular complexity index is 559. The van der Waals surface area contributed by atoms with Crippen molar-refractivity contribution in [1.29, 1.82) is 0 Å². The summed E-state index contributed by atoms with van der Waals surface area (Å²) in [5.41, 5.74) is 0.856. The van der Waals surface area contributed by atoms with Gasteiger partial charge in [0.05, 0.1) is 20.6 Å². The van der Waals surface area contributed by atoms with E-state index >= 15 is 0 Å². The third-order valence-electron chi connectivity index (χ3n) is 3.82. The normalized spacial score (nSPS) is 17.5. The number of carbonyl (C=O) groups excluding carboxylic acids is 2. The van der Waals surface area contributed by atoms with Gasteiger partial charge < -0.3 is 19.7 Å². The average Bonchev–Trinajstić information content (AvgIpc) is 2.83. The summed E-state index contributed by atoms with van der Waals surface area (Å²) in [4.78, 5) is 25.1. The molecule has 1 heterocycles. The molecule has 2 rings (SSSR count). The predicted octanol–water partition coefficient (Wildman–Crippen LogP) is 0.841. The largest absolute Gasteiger partial charge is 0.493 e. The van der Waals surface area contributed by atoms with Crippen molar-refractivity contribution in [3.05, 3.63) is 23.8 Å². The number of hydrogen-bond acceptors (Lipinski definition) is 4. The average molecular weight is 306 g/mol. The van der Waals surface area contributed by atoms with Gasteiger partial charge in [-0.15, -0.1) is 0 Å². The fraction of sp³-hybridized carbons (Fsp3) is 0.500. The molecule has 1 aromatic carbocycles. The third kappa shape index (κ3) is 3.90. The molecule has 1 saturated heterocycles. The Kier molecular flexibility index (Phi) is 5.25. The molecular formula is C16H22N2O4. The summed E-state index contributed by atoms with van der Waals surface area (Å²) in [7, 11) is 4.92. The highest BCUT2D eigenvalue weighted by Gasteiger charge is 2.26. The molecule has 0 saturated carbocycles. The van der Waals surface area contributed by atoms with E-state index in [0.29, 0.717) is 31.0 Å². The molecule has 0 aromatic heterocycles. The molecule has 2 amide bonds. The number of ether oxygens (including phenoxy) is 2. The second-order valence-corrected chi connectivity index (χ2v) is 5.51. The molecular weight excluding hydrogens is 284 g/mol. The van der Waals surface area contributed by atoms with Crippen LogP contribution in [0.1, 0.15) is 12.0 Å². The lowest BCUT2D eigenvalue weighted by atomic mass is 10.1. The van der Waals surface area contributed by atoms with Crippen molar-refractivity contribution >= 4 is 11.8 Å². The summed E-state index contributed by atoms with van der Waals surface area (Å²) in [5, 5.41) is 2.89. The van der Waals surface area contributed by atoms with Crippen LogP contribution >= 0.6 is 0 Å². The van der Waals surface area contributed by atoms with Crippen LogP contribution in [0.15, 0.2) is 18.2 Å². The van der Waals surface area contributed by atoms with Crippen molar-refractivity contribution in [1.82, 2.24) is 10.2 Å². The number of benzene rings is 1. The van der Waals surface area contributed by atoms with Crippen molar-refractivity contribution in [3.63, 3.8) is 0 Å². The first kappa shape index (κ1) is 16.1. The second kappa shape index (κ2) is 7.15. The maximum absolute atomic E-state index is 12.0. The Balaban J connectivity index is 1.86. The van der Waals surface area contributed by atoms with E-state index in [9.17, 15) is 9.59 Å². The minimum atomic E-state index is -0.0609. The van der Waals surface area contributed by atoms with E-state index in [0.717, 1.165) is 5.56 Å². The van der Waals surface area contributed by atoms with Crippen molar-refractivity contribution in [3.8, 4) is 11.5 Å². The molecule has 6 heteroatoms. The van der Waals surface area contributed by atoms with Crippen LogP contribution in [0, 0.1) is 5.92 Å². The van der Waals surface area contributed by atoms with Gasteiger partial charge in [0.1, 0.15) is 0 Å². The van der Waals surface area contributed by atoms with E-state index in [2.05, 4.69) is 5.32 Å². The molecule has 0 radical (unpaired) electrons. The van der Waals surface area contributed by atoms with E-state index in [4.69, 9.17) is 9.47 Å². The van der Waals surface area contributed by atoms with Crippen LogP contribution in [0.5, 0.6) is 11.5 Å². The topological polar surface area (TPSA) is 67.9 Å². The number of nitrogens with zero attached hydrogens (tertiary/aromatic N) is 1. The molecule has 0 bridgehead atoms. The molecule has 0 aliphatic carbocycles. The van der Waals surface area contributed by atoms with Crippen molar-refractivity contribution in [2.75, 3.05) is 34.4 Å². The van der Waals surface area contributed by atoms with Crippen LogP contribution in [-0.2, 0) is 16.0 Å². The standard InChI is InChI=1S/C16H22N2O4/c1-18-10-12(8-16(18)20)9-17-15(19)7-11-4-5-13(21-2)14(6-11)22-3/h4-6,12H,7-10H2,1-3H3,(H,17,19). The molecule has 1 aliphatic rings. The van der Waals surface area contributed by atoms with Gasteiger partial charge >= 0.3 is 0 Å². The first-order chi connectivity index (χ1) is 10.5. The molecule has 120 valence electrons. The zero-order valence-corrected chi connectivity index (χ0v) is 13.2. The van der Waals surface area contributed by atoms with Crippen molar-refractivity contribution in [2.45, 2.75) is 12.8 Å². The first-order valence-corrected chi connectivity index (χ1v) is 7.25. The van der Waals surface area contributed by atoms with Gasteiger partial charge in [-0.2, -0.15) is 0 Å². The van der Waals surface area contributed by atoms with Gasteiger partial charge in [-0.25, -0.2) is 0 Å². The summed E-state index contributed by atoms with van der Waals surface area (Å²) < 4.78 is 10.4. The predicted molar refractivity (Wildman–Crippen MR) is 82.0 cm³/mol. The molecule has 1 aromatic rings. The number of likely N-dealkylation sites (tertiary alicyclic amines) is 1. The molecule has 22 heavy (non-hydrogen) atoms. The summed E-state index contributed by atoms with van der Waals surface area (Å²) in [6.45, 7) is 1.23. The van der Waals surface area contributed by atoms with E-state index in [1.54, 1.807) is 38.3 Å². The van der Waals surface area contributed by atoms with Gasteiger partial charge in [-0.05, 0) is 17.7 Å². The van der Waals surface area contributed by atoms with E-state index in [1.165, 1.54) is 0 Å². The van der Waals surface area contributed by atoms with Gasteiger partial charge in [0.15, 0.2) is 11.5 Å². The Morgan fingerprint density at radius 2 is 2.05 bits per heavy atom. The molecule has 1 atom stereocenters. The maximum atomic E-state index is 12.0. The lowest BCUT2D eigenvalue weighted by molar-refractivity contribution is -0.126. The van der Waals surface area contributed by atoms with Gasteiger partial charge in [-0.1, -0.05) is 6.07 Å². The summed E-state index contributed by atoms with van der Waals surface area (Å²) in [6, 6.07) is 5.42. The van der Waals surface area contributed by atoms with Crippen LogP contribution in [0.4, 0.5) is 0 Å². The highest BCUT2D eigenvalue weighted by atomic mass is 16.5.